The Morgan fingerprint density at radius 3 is 2.74 bits per heavy atom. The topological polar surface area (TPSA) is 77.8 Å². The summed E-state index contributed by atoms with van der Waals surface area (Å²) in [4.78, 5) is 12.1. The summed E-state index contributed by atoms with van der Waals surface area (Å²) in [6, 6.07) is 11.6. The Kier molecular flexibility index (Phi) is 6.25. The van der Waals surface area contributed by atoms with Crippen LogP contribution in [0.25, 0.3) is 5.65 Å². The van der Waals surface area contributed by atoms with Gasteiger partial charge in [0.25, 0.3) is 0 Å². The smallest absolute Gasteiger partial charge is 0.220 e. The summed E-state index contributed by atoms with van der Waals surface area (Å²) in [5, 5.41) is 11.3. The van der Waals surface area contributed by atoms with Crippen LogP contribution in [-0.2, 0) is 17.6 Å². The van der Waals surface area contributed by atoms with Crippen LogP contribution in [0.5, 0.6) is 11.5 Å². The molecule has 1 N–H and O–H groups in total. The quantitative estimate of drug-likeness (QED) is 0.628. The van der Waals surface area contributed by atoms with Crippen molar-refractivity contribution in [1.82, 2.24) is 19.9 Å². The summed E-state index contributed by atoms with van der Waals surface area (Å²) in [6.07, 6.45) is 4.59. The molecule has 0 atom stereocenters. The fourth-order valence-electron chi connectivity index (χ4n) is 2.94. The zero-order valence-electron chi connectivity index (χ0n) is 15.6. The molecule has 0 unspecified atom stereocenters. The SMILES string of the molecule is COc1ccc(CCNC(=O)CCCc2nnc3ccccn23)cc1OC. The molecule has 0 aliphatic heterocycles. The number of aromatic nitrogens is 3. The zero-order chi connectivity index (χ0) is 19.1. The lowest BCUT2D eigenvalue weighted by Gasteiger charge is -2.10. The Balaban J connectivity index is 1.41. The standard InChI is InChI=1S/C20H24N4O3/c1-26-16-10-9-15(14-17(16)27-2)11-12-21-20(25)8-5-7-19-23-22-18-6-3-4-13-24(18)19/h3-4,6,9-10,13-14H,5,7-8,11-12H2,1-2H3,(H,21,25). The lowest BCUT2D eigenvalue weighted by molar-refractivity contribution is -0.121. The third-order valence-electron chi connectivity index (χ3n) is 4.37. The molecule has 2 aromatic heterocycles. The Hall–Kier alpha value is -3.09. The van der Waals surface area contributed by atoms with Gasteiger partial charge in [-0.3, -0.25) is 9.20 Å². The Bertz CT molecular complexity index is 907. The summed E-state index contributed by atoms with van der Waals surface area (Å²) < 4.78 is 12.5. The fraction of sp³-hybridized carbons (Fsp3) is 0.350. The summed E-state index contributed by atoms with van der Waals surface area (Å²) in [6.45, 7) is 0.585. The second kappa shape index (κ2) is 9.02. The molecule has 7 nitrogen and oxygen atoms in total. The molecule has 2 heterocycles. The molecule has 0 spiro atoms. The predicted octanol–water partition coefficient (Wildman–Crippen LogP) is 2.43. The van der Waals surface area contributed by atoms with E-state index in [2.05, 4.69) is 15.5 Å². The molecule has 0 bridgehead atoms. The number of amides is 1. The van der Waals surface area contributed by atoms with E-state index in [1.807, 2.05) is 47.0 Å². The fourth-order valence-corrected chi connectivity index (χ4v) is 2.94. The van der Waals surface area contributed by atoms with Crippen molar-refractivity contribution < 1.29 is 14.3 Å². The van der Waals surface area contributed by atoms with E-state index < -0.39 is 0 Å². The largest absolute Gasteiger partial charge is 0.493 e. The van der Waals surface area contributed by atoms with Crippen LogP contribution in [0, 0.1) is 0 Å². The molecular formula is C20H24N4O3. The number of ether oxygens (including phenoxy) is 2. The molecule has 0 saturated heterocycles. The van der Waals surface area contributed by atoms with Crippen molar-refractivity contribution in [2.45, 2.75) is 25.7 Å². The second-order valence-electron chi connectivity index (χ2n) is 6.19. The highest BCUT2D eigenvalue weighted by atomic mass is 16.5. The number of benzene rings is 1. The van der Waals surface area contributed by atoms with Crippen molar-refractivity contribution in [2.24, 2.45) is 0 Å². The van der Waals surface area contributed by atoms with Crippen LogP contribution in [0.4, 0.5) is 0 Å². The van der Waals surface area contributed by atoms with Gasteiger partial charge >= 0.3 is 0 Å². The van der Waals surface area contributed by atoms with Crippen LogP contribution < -0.4 is 14.8 Å². The lowest BCUT2D eigenvalue weighted by atomic mass is 10.1. The van der Waals surface area contributed by atoms with E-state index in [9.17, 15) is 4.79 Å². The van der Waals surface area contributed by atoms with E-state index in [1.165, 1.54) is 0 Å². The molecule has 0 fully saturated rings. The first-order valence-corrected chi connectivity index (χ1v) is 8.97. The molecular weight excluding hydrogens is 344 g/mol. The minimum atomic E-state index is 0.0456. The van der Waals surface area contributed by atoms with E-state index in [1.54, 1.807) is 14.2 Å². The molecule has 0 aliphatic rings. The third kappa shape index (κ3) is 4.75. The Labute approximate surface area is 158 Å². The van der Waals surface area contributed by atoms with Crippen LogP contribution in [0.15, 0.2) is 42.6 Å². The van der Waals surface area contributed by atoms with Crippen LogP contribution in [-0.4, -0.2) is 41.3 Å². The molecule has 3 aromatic rings. The van der Waals surface area contributed by atoms with Gasteiger partial charge in [0.1, 0.15) is 5.82 Å². The van der Waals surface area contributed by atoms with Gasteiger partial charge in [0, 0.05) is 25.6 Å². The van der Waals surface area contributed by atoms with Crippen molar-refractivity contribution >= 4 is 11.6 Å². The molecule has 7 heteroatoms. The molecule has 0 radical (unpaired) electrons. The molecule has 0 aliphatic carbocycles. The average molecular weight is 368 g/mol. The molecule has 1 amide bonds. The number of nitrogens with zero attached hydrogens (tertiary/aromatic N) is 3. The van der Waals surface area contributed by atoms with Gasteiger partial charge in [0.15, 0.2) is 17.1 Å². The molecule has 27 heavy (non-hydrogen) atoms. The number of nitrogens with one attached hydrogen (secondary N) is 1. The maximum Gasteiger partial charge on any atom is 0.220 e. The monoisotopic (exact) mass is 368 g/mol. The number of fused-ring (bicyclic) bond motifs is 1. The van der Waals surface area contributed by atoms with Crippen molar-refractivity contribution in [2.75, 3.05) is 20.8 Å². The zero-order valence-corrected chi connectivity index (χ0v) is 15.6. The van der Waals surface area contributed by atoms with Gasteiger partial charge in [-0.15, -0.1) is 10.2 Å². The van der Waals surface area contributed by atoms with E-state index in [-0.39, 0.29) is 5.91 Å². The van der Waals surface area contributed by atoms with E-state index in [0.717, 1.165) is 29.9 Å². The minimum absolute atomic E-state index is 0.0456. The molecule has 1 aromatic carbocycles. The normalized spacial score (nSPS) is 10.7. The summed E-state index contributed by atoms with van der Waals surface area (Å²) in [5.74, 6) is 2.32. The van der Waals surface area contributed by atoms with E-state index in [4.69, 9.17) is 9.47 Å². The van der Waals surface area contributed by atoms with E-state index >= 15 is 0 Å². The number of pyridine rings is 1. The summed E-state index contributed by atoms with van der Waals surface area (Å²) in [7, 11) is 3.22. The van der Waals surface area contributed by atoms with Gasteiger partial charge in [0.05, 0.1) is 14.2 Å². The van der Waals surface area contributed by atoms with Gasteiger partial charge in [-0.05, 0) is 42.7 Å². The molecule has 0 saturated carbocycles. The van der Waals surface area contributed by atoms with Crippen molar-refractivity contribution in [3.05, 3.63) is 54.0 Å². The van der Waals surface area contributed by atoms with Crippen LogP contribution in [0.2, 0.25) is 0 Å². The van der Waals surface area contributed by atoms with E-state index in [0.29, 0.717) is 30.9 Å². The maximum atomic E-state index is 12.1. The van der Waals surface area contributed by atoms with Crippen LogP contribution in [0.3, 0.4) is 0 Å². The first-order chi connectivity index (χ1) is 13.2. The number of aryl methyl sites for hydroxylation is 1. The highest BCUT2D eigenvalue weighted by molar-refractivity contribution is 5.75. The number of methoxy groups -OCH3 is 2. The average Bonchev–Trinajstić information content (AvgIpc) is 3.11. The molecule has 3 rings (SSSR count). The Morgan fingerprint density at radius 2 is 1.93 bits per heavy atom. The summed E-state index contributed by atoms with van der Waals surface area (Å²) in [5.41, 5.74) is 1.91. The maximum absolute atomic E-state index is 12.1. The first kappa shape index (κ1) is 18.7. The minimum Gasteiger partial charge on any atom is -0.493 e. The number of hydrogen-bond donors (Lipinski definition) is 1. The third-order valence-corrected chi connectivity index (χ3v) is 4.37. The van der Waals surface area contributed by atoms with Gasteiger partial charge in [0.2, 0.25) is 5.91 Å². The summed E-state index contributed by atoms with van der Waals surface area (Å²) >= 11 is 0. The first-order valence-electron chi connectivity index (χ1n) is 8.97. The lowest BCUT2D eigenvalue weighted by Crippen LogP contribution is -2.25. The van der Waals surface area contributed by atoms with Crippen LogP contribution in [0.1, 0.15) is 24.2 Å². The number of hydrogen-bond acceptors (Lipinski definition) is 5. The second-order valence-corrected chi connectivity index (χ2v) is 6.19. The number of carbonyl (C=O) groups is 1. The van der Waals surface area contributed by atoms with Gasteiger partial charge < -0.3 is 14.8 Å². The van der Waals surface area contributed by atoms with Crippen LogP contribution >= 0.6 is 0 Å². The highest BCUT2D eigenvalue weighted by Crippen LogP contribution is 2.27. The highest BCUT2D eigenvalue weighted by Gasteiger charge is 2.08. The van der Waals surface area contributed by atoms with Crippen molar-refractivity contribution in [3.63, 3.8) is 0 Å². The van der Waals surface area contributed by atoms with Gasteiger partial charge in [-0.2, -0.15) is 0 Å². The number of carbonyl (C=O) groups excluding carboxylic acids is 1. The van der Waals surface area contributed by atoms with Crippen molar-refractivity contribution in [1.29, 1.82) is 0 Å². The van der Waals surface area contributed by atoms with Crippen molar-refractivity contribution in [3.8, 4) is 11.5 Å². The number of rotatable bonds is 9. The van der Waals surface area contributed by atoms with Gasteiger partial charge in [-0.25, -0.2) is 0 Å². The molecule has 142 valence electrons. The van der Waals surface area contributed by atoms with Gasteiger partial charge in [-0.1, -0.05) is 12.1 Å². The predicted molar refractivity (Wildman–Crippen MR) is 102 cm³/mol. The Morgan fingerprint density at radius 1 is 1.07 bits per heavy atom.